The molecule has 1 saturated heterocycles. The van der Waals surface area contributed by atoms with Crippen LogP contribution >= 0.6 is 11.8 Å². The highest BCUT2D eigenvalue weighted by Crippen LogP contribution is 2.31. The fourth-order valence-electron chi connectivity index (χ4n) is 2.21. The molecular formula is C12H13N3O2S. The van der Waals surface area contributed by atoms with Crippen LogP contribution in [0.25, 0.3) is 11.0 Å². The topological polar surface area (TPSA) is 57.0 Å². The van der Waals surface area contributed by atoms with Gasteiger partial charge in [-0.1, -0.05) is 11.8 Å². The average molecular weight is 263 g/mol. The van der Waals surface area contributed by atoms with E-state index in [0.29, 0.717) is 17.5 Å². The molecule has 0 N–H and O–H groups in total. The molecule has 18 heavy (non-hydrogen) atoms. The highest BCUT2D eigenvalue weighted by molar-refractivity contribution is 7.98. The van der Waals surface area contributed by atoms with Crippen molar-refractivity contribution >= 4 is 29.1 Å². The van der Waals surface area contributed by atoms with E-state index >= 15 is 0 Å². The maximum absolute atomic E-state index is 11.2. The smallest absolute Gasteiger partial charge is 0.189 e. The minimum Gasteiger partial charge on any atom is -0.374 e. The monoisotopic (exact) mass is 263 g/mol. The predicted molar refractivity (Wildman–Crippen MR) is 69.1 cm³/mol. The summed E-state index contributed by atoms with van der Waals surface area (Å²) in [5, 5.41) is 1.61. The van der Waals surface area contributed by atoms with Gasteiger partial charge >= 0.3 is 0 Å². The van der Waals surface area contributed by atoms with Gasteiger partial charge in [-0.05, 0) is 19.2 Å². The highest BCUT2D eigenvalue weighted by atomic mass is 32.2. The Morgan fingerprint density at radius 2 is 2.44 bits per heavy atom. The van der Waals surface area contributed by atoms with Crippen LogP contribution in [0.5, 0.6) is 0 Å². The molecule has 94 valence electrons. The summed E-state index contributed by atoms with van der Waals surface area (Å²) < 4.78 is 7.36. The molecule has 0 bridgehead atoms. The molecule has 3 rings (SSSR count). The number of carbonyl (C=O) groups excluding carboxylic acids is 1. The van der Waals surface area contributed by atoms with Gasteiger partial charge in [-0.25, -0.2) is 9.97 Å². The van der Waals surface area contributed by atoms with Crippen molar-refractivity contribution in [2.75, 3.05) is 12.9 Å². The summed E-state index contributed by atoms with van der Waals surface area (Å²) in [6.45, 7) is 2.63. The molecule has 1 aliphatic rings. The van der Waals surface area contributed by atoms with Crippen molar-refractivity contribution in [3.05, 3.63) is 18.0 Å². The first-order chi connectivity index (χ1) is 8.74. The van der Waals surface area contributed by atoms with Crippen molar-refractivity contribution in [2.45, 2.75) is 24.2 Å². The average Bonchev–Trinajstić information content (AvgIpc) is 2.74. The van der Waals surface area contributed by atoms with Crippen LogP contribution in [0.3, 0.4) is 0 Å². The largest absolute Gasteiger partial charge is 0.374 e. The van der Waals surface area contributed by atoms with Crippen LogP contribution in [0.15, 0.2) is 17.4 Å². The van der Waals surface area contributed by atoms with E-state index in [2.05, 4.69) is 9.97 Å². The normalized spacial score (nSPS) is 23.0. The number of aromatic nitrogens is 3. The fourth-order valence-corrected chi connectivity index (χ4v) is 2.55. The molecule has 2 aromatic heterocycles. The Hall–Kier alpha value is -1.40. The van der Waals surface area contributed by atoms with Gasteiger partial charge in [0.25, 0.3) is 0 Å². The third-order valence-electron chi connectivity index (χ3n) is 3.29. The lowest BCUT2D eigenvalue weighted by atomic mass is 10.1. The highest BCUT2D eigenvalue weighted by Gasteiger charge is 2.32. The minimum atomic E-state index is 0.118. The van der Waals surface area contributed by atoms with Gasteiger partial charge in [-0.2, -0.15) is 0 Å². The third kappa shape index (κ3) is 1.64. The predicted octanol–water partition coefficient (Wildman–Crippen LogP) is 1.93. The van der Waals surface area contributed by atoms with E-state index in [1.54, 1.807) is 6.20 Å². The Balaban J connectivity index is 2.21. The second kappa shape index (κ2) is 4.37. The second-order valence-corrected chi connectivity index (χ2v) is 5.07. The van der Waals surface area contributed by atoms with E-state index in [1.165, 1.54) is 11.8 Å². The standard InChI is InChI=1S/C12H13N3O2S/c1-7-10(6-17-7)15-9(5-16)3-8-4-13-12(18-2)14-11(8)15/h3-5,7,10H,6H2,1-2H3. The molecule has 0 spiro atoms. The molecule has 3 heterocycles. The van der Waals surface area contributed by atoms with Gasteiger partial charge < -0.3 is 9.30 Å². The van der Waals surface area contributed by atoms with Crippen molar-refractivity contribution in [2.24, 2.45) is 0 Å². The van der Waals surface area contributed by atoms with E-state index in [9.17, 15) is 4.79 Å². The van der Waals surface area contributed by atoms with Crippen LogP contribution in [-0.4, -0.2) is 39.8 Å². The summed E-state index contributed by atoms with van der Waals surface area (Å²) in [4.78, 5) is 19.9. The number of ether oxygens (including phenoxy) is 1. The zero-order chi connectivity index (χ0) is 12.7. The molecular weight excluding hydrogens is 250 g/mol. The Morgan fingerprint density at radius 1 is 1.61 bits per heavy atom. The third-order valence-corrected chi connectivity index (χ3v) is 3.85. The molecule has 0 saturated carbocycles. The van der Waals surface area contributed by atoms with Crippen molar-refractivity contribution in [3.63, 3.8) is 0 Å². The number of nitrogens with zero attached hydrogens (tertiary/aromatic N) is 3. The van der Waals surface area contributed by atoms with Crippen LogP contribution in [0.4, 0.5) is 0 Å². The van der Waals surface area contributed by atoms with Gasteiger partial charge in [-0.15, -0.1) is 0 Å². The molecule has 0 aliphatic carbocycles. The molecule has 6 heteroatoms. The van der Waals surface area contributed by atoms with Crippen molar-refractivity contribution in [1.29, 1.82) is 0 Å². The van der Waals surface area contributed by atoms with E-state index in [0.717, 1.165) is 17.3 Å². The summed E-state index contributed by atoms with van der Waals surface area (Å²) in [5.41, 5.74) is 1.45. The molecule has 1 fully saturated rings. The number of thioether (sulfide) groups is 1. The Morgan fingerprint density at radius 3 is 3.00 bits per heavy atom. The Bertz CT molecular complexity index is 611. The van der Waals surface area contributed by atoms with Crippen molar-refractivity contribution in [3.8, 4) is 0 Å². The first-order valence-corrected chi connectivity index (χ1v) is 6.96. The van der Waals surface area contributed by atoms with E-state index < -0.39 is 0 Å². The molecule has 0 radical (unpaired) electrons. The van der Waals surface area contributed by atoms with Crippen molar-refractivity contribution < 1.29 is 9.53 Å². The number of hydrogen-bond acceptors (Lipinski definition) is 5. The first-order valence-electron chi connectivity index (χ1n) is 5.73. The summed E-state index contributed by atoms with van der Waals surface area (Å²) >= 11 is 1.49. The molecule has 2 atom stereocenters. The summed E-state index contributed by atoms with van der Waals surface area (Å²) in [6.07, 6.45) is 4.68. The van der Waals surface area contributed by atoms with E-state index in [1.807, 2.05) is 23.8 Å². The Kier molecular flexibility index (Phi) is 2.83. The van der Waals surface area contributed by atoms with E-state index in [-0.39, 0.29) is 12.1 Å². The number of aldehydes is 1. The molecule has 0 aromatic carbocycles. The number of carbonyl (C=O) groups is 1. The lowest BCUT2D eigenvalue weighted by molar-refractivity contribution is -0.0919. The zero-order valence-electron chi connectivity index (χ0n) is 10.2. The van der Waals surface area contributed by atoms with Gasteiger partial charge in [0.2, 0.25) is 0 Å². The molecule has 0 amide bonds. The van der Waals surface area contributed by atoms with Crippen LogP contribution in [0, 0.1) is 0 Å². The van der Waals surface area contributed by atoms with Gasteiger partial charge in [0.05, 0.1) is 24.4 Å². The molecule has 2 aromatic rings. The fraction of sp³-hybridized carbons (Fsp3) is 0.417. The van der Waals surface area contributed by atoms with Gasteiger partial charge in [0.1, 0.15) is 5.65 Å². The van der Waals surface area contributed by atoms with Crippen molar-refractivity contribution in [1.82, 2.24) is 14.5 Å². The summed E-state index contributed by atoms with van der Waals surface area (Å²) in [6, 6.07) is 2.02. The maximum atomic E-state index is 11.2. The van der Waals surface area contributed by atoms with Gasteiger partial charge in [0, 0.05) is 11.6 Å². The number of hydrogen-bond donors (Lipinski definition) is 0. The summed E-state index contributed by atoms with van der Waals surface area (Å²) in [7, 11) is 0. The number of fused-ring (bicyclic) bond motifs is 1. The van der Waals surface area contributed by atoms with E-state index in [4.69, 9.17) is 4.74 Å². The minimum absolute atomic E-state index is 0.118. The molecule has 2 unspecified atom stereocenters. The van der Waals surface area contributed by atoms with Gasteiger partial charge in [0.15, 0.2) is 11.4 Å². The van der Waals surface area contributed by atoms with Crippen LogP contribution < -0.4 is 0 Å². The Labute approximate surface area is 109 Å². The maximum Gasteiger partial charge on any atom is 0.189 e. The van der Waals surface area contributed by atoms with Gasteiger partial charge in [-0.3, -0.25) is 4.79 Å². The lowest BCUT2D eigenvalue weighted by Crippen LogP contribution is -2.39. The molecule has 5 nitrogen and oxygen atoms in total. The van der Waals surface area contributed by atoms with Crippen LogP contribution in [0.2, 0.25) is 0 Å². The quantitative estimate of drug-likeness (QED) is 0.481. The van der Waals surface area contributed by atoms with Crippen LogP contribution in [-0.2, 0) is 4.74 Å². The first kappa shape index (κ1) is 11.7. The SMILES string of the molecule is CSc1ncc2cc(C=O)n(C3COC3C)c2n1. The number of rotatable bonds is 3. The second-order valence-electron chi connectivity index (χ2n) is 4.30. The molecule has 1 aliphatic heterocycles. The zero-order valence-corrected chi connectivity index (χ0v) is 11.0. The summed E-state index contributed by atoms with van der Waals surface area (Å²) in [5.74, 6) is 0. The lowest BCUT2D eigenvalue weighted by Gasteiger charge is -2.36. The van der Waals surface area contributed by atoms with Crippen LogP contribution in [0.1, 0.15) is 23.5 Å².